The number of rotatable bonds is 5. The van der Waals surface area contributed by atoms with Crippen molar-refractivity contribution < 1.29 is 4.79 Å². The summed E-state index contributed by atoms with van der Waals surface area (Å²) < 4.78 is 0. The number of carbonyl (C=O) groups excluding carboxylic acids is 1. The highest BCUT2D eigenvalue weighted by atomic mass is 16.2. The summed E-state index contributed by atoms with van der Waals surface area (Å²) in [5.41, 5.74) is 6.45. The molecule has 0 aliphatic heterocycles. The molecule has 156 valence electrons. The minimum absolute atomic E-state index is 0.0258. The van der Waals surface area contributed by atoms with E-state index in [0.717, 1.165) is 35.0 Å². The van der Waals surface area contributed by atoms with Gasteiger partial charge in [0.15, 0.2) is 0 Å². The number of fused-ring (bicyclic) bond motifs is 3. The summed E-state index contributed by atoms with van der Waals surface area (Å²) >= 11 is 0. The first-order chi connectivity index (χ1) is 15.2. The fourth-order valence-corrected chi connectivity index (χ4v) is 4.58. The zero-order chi connectivity index (χ0) is 21.2. The molecular weight excluding hydrogens is 384 g/mol. The Labute approximate surface area is 182 Å². The van der Waals surface area contributed by atoms with Gasteiger partial charge < -0.3 is 9.88 Å². The Hall–Kier alpha value is -3.47. The number of aryl methyl sites for hydroxylation is 1. The largest absolute Gasteiger partial charge is 0.358 e. The van der Waals surface area contributed by atoms with E-state index >= 15 is 0 Å². The topological polar surface area (TPSA) is 61.9 Å². The van der Waals surface area contributed by atoms with Crippen molar-refractivity contribution in [2.24, 2.45) is 5.92 Å². The third-order valence-corrected chi connectivity index (χ3v) is 6.21. The molecule has 1 amide bonds. The average molecular weight is 411 g/mol. The van der Waals surface area contributed by atoms with Crippen molar-refractivity contribution in [1.29, 1.82) is 0 Å². The molecule has 1 atom stereocenters. The molecule has 3 aromatic heterocycles. The zero-order valence-electron chi connectivity index (χ0n) is 17.7. The molecule has 5 heteroatoms. The van der Waals surface area contributed by atoms with Gasteiger partial charge in [-0.2, -0.15) is 0 Å². The fraction of sp³-hybridized carbons (Fsp3) is 0.269. The number of nitrogens with zero attached hydrogens (tertiary/aromatic N) is 3. The first-order valence-corrected chi connectivity index (χ1v) is 10.9. The van der Waals surface area contributed by atoms with E-state index in [0.29, 0.717) is 19.0 Å². The van der Waals surface area contributed by atoms with Crippen molar-refractivity contribution in [2.45, 2.75) is 39.3 Å². The fourth-order valence-electron chi connectivity index (χ4n) is 4.58. The molecule has 1 aliphatic carbocycles. The highest BCUT2D eigenvalue weighted by molar-refractivity contribution is 6.06. The van der Waals surface area contributed by atoms with Gasteiger partial charge in [0.25, 0.3) is 5.91 Å². The minimum Gasteiger partial charge on any atom is -0.358 e. The van der Waals surface area contributed by atoms with Crippen molar-refractivity contribution in [2.75, 3.05) is 0 Å². The van der Waals surface area contributed by atoms with E-state index in [1.165, 1.54) is 23.1 Å². The minimum atomic E-state index is 0.0258. The van der Waals surface area contributed by atoms with E-state index in [9.17, 15) is 4.79 Å². The van der Waals surface area contributed by atoms with Crippen LogP contribution in [0.4, 0.5) is 0 Å². The van der Waals surface area contributed by atoms with Crippen LogP contribution in [0.5, 0.6) is 0 Å². The van der Waals surface area contributed by atoms with Crippen LogP contribution in [0.25, 0.3) is 10.9 Å². The maximum Gasteiger partial charge on any atom is 0.256 e. The number of hydrogen-bond donors (Lipinski definition) is 1. The van der Waals surface area contributed by atoms with Crippen LogP contribution in [-0.2, 0) is 25.9 Å². The molecule has 5 nitrogen and oxygen atoms in total. The molecular formula is C26H26N4O. The highest BCUT2D eigenvalue weighted by Gasteiger charge is 2.24. The monoisotopic (exact) mass is 410 g/mol. The van der Waals surface area contributed by atoms with Gasteiger partial charge in [-0.15, -0.1) is 0 Å². The van der Waals surface area contributed by atoms with Gasteiger partial charge in [-0.25, -0.2) is 0 Å². The van der Waals surface area contributed by atoms with Crippen LogP contribution in [0.1, 0.15) is 46.1 Å². The van der Waals surface area contributed by atoms with Crippen molar-refractivity contribution >= 4 is 16.8 Å². The Kier molecular flexibility index (Phi) is 5.24. The Morgan fingerprint density at radius 1 is 1.03 bits per heavy atom. The molecule has 1 unspecified atom stereocenters. The van der Waals surface area contributed by atoms with Crippen molar-refractivity contribution in [1.82, 2.24) is 19.9 Å². The molecule has 1 aliphatic rings. The number of nitrogens with one attached hydrogen (secondary N) is 1. The molecule has 3 heterocycles. The molecule has 1 aromatic carbocycles. The lowest BCUT2D eigenvalue weighted by Crippen LogP contribution is -2.30. The summed E-state index contributed by atoms with van der Waals surface area (Å²) in [7, 11) is 0. The first kappa shape index (κ1) is 19.5. The number of carbonyl (C=O) groups is 1. The van der Waals surface area contributed by atoms with Gasteiger partial charge >= 0.3 is 0 Å². The summed E-state index contributed by atoms with van der Waals surface area (Å²) in [6, 6.07) is 13.9. The van der Waals surface area contributed by atoms with E-state index in [2.05, 4.69) is 27.9 Å². The van der Waals surface area contributed by atoms with Gasteiger partial charge in [-0.3, -0.25) is 14.8 Å². The number of aromatic amines is 1. The highest BCUT2D eigenvalue weighted by Crippen LogP contribution is 2.33. The average Bonchev–Trinajstić information content (AvgIpc) is 3.17. The molecule has 0 spiro atoms. The Morgan fingerprint density at radius 2 is 1.87 bits per heavy atom. The number of H-pyrrole nitrogens is 1. The predicted molar refractivity (Wildman–Crippen MR) is 122 cm³/mol. The Morgan fingerprint density at radius 3 is 2.68 bits per heavy atom. The van der Waals surface area contributed by atoms with Crippen LogP contribution in [0, 0.1) is 5.92 Å². The Bertz CT molecular complexity index is 1160. The summed E-state index contributed by atoms with van der Waals surface area (Å²) in [6.45, 7) is 3.33. The van der Waals surface area contributed by atoms with E-state index in [4.69, 9.17) is 0 Å². The van der Waals surface area contributed by atoms with Crippen molar-refractivity contribution in [3.63, 3.8) is 0 Å². The van der Waals surface area contributed by atoms with Gasteiger partial charge in [-0.05, 0) is 66.1 Å². The van der Waals surface area contributed by atoms with Gasteiger partial charge in [0.1, 0.15) is 0 Å². The van der Waals surface area contributed by atoms with Crippen LogP contribution in [-0.4, -0.2) is 25.8 Å². The first-order valence-electron chi connectivity index (χ1n) is 10.9. The molecule has 5 rings (SSSR count). The SMILES string of the molecule is CC1CCc2[nH]c3c(C(=O)N(Cc4ccncc4)Cc4cccnc4)cccc3c2C1. The third-order valence-electron chi connectivity index (χ3n) is 6.21. The number of benzene rings is 1. The maximum atomic E-state index is 13.8. The van der Waals surface area contributed by atoms with E-state index in [1.807, 2.05) is 47.5 Å². The summed E-state index contributed by atoms with van der Waals surface area (Å²) in [6.07, 6.45) is 10.4. The van der Waals surface area contributed by atoms with E-state index in [1.54, 1.807) is 18.6 Å². The number of hydrogen-bond acceptors (Lipinski definition) is 3. The van der Waals surface area contributed by atoms with E-state index < -0.39 is 0 Å². The Balaban J connectivity index is 1.53. The van der Waals surface area contributed by atoms with Gasteiger partial charge in [0.05, 0.1) is 11.1 Å². The van der Waals surface area contributed by atoms with Gasteiger partial charge in [-0.1, -0.05) is 25.1 Å². The summed E-state index contributed by atoms with van der Waals surface area (Å²) in [4.78, 5) is 27.6. The molecule has 0 saturated heterocycles. The van der Waals surface area contributed by atoms with Crippen LogP contribution in [0.15, 0.2) is 67.3 Å². The lowest BCUT2D eigenvalue weighted by molar-refractivity contribution is 0.0731. The number of amides is 1. The number of para-hydroxylation sites is 1. The van der Waals surface area contributed by atoms with Crippen molar-refractivity contribution in [3.8, 4) is 0 Å². The lowest BCUT2D eigenvalue weighted by Gasteiger charge is -2.23. The number of pyridine rings is 2. The van der Waals surface area contributed by atoms with Crippen LogP contribution in [0.3, 0.4) is 0 Å². The summed E-state index contributed by atoms with van der Waals surface area (Å²) in [5, 5.41) is 1.19. The second kappa shape index (κ2) is 8.34. The number of aromatic nitrogens is 3. The molecule has 0 radical (unpaired) electrons. The summed E-state index contributed by atoms with van der Waals surface area (Å²) in [5.74, 6) is 0.706. The molecule has 31 heavy (non-hydrogen) atoms. The second-order valence-electron chi connectivity index (χ2n) is 8.54. The molecule has 1 N–H and O–H groups in total. The normalized spacial score (nSPS) is 15.6. The van der Waals surface area contributed by atoms with Crippen molar-refractivity contribution in [3.05, 3.63) is 95.2 Å². The van der Waals surface area contributed by atoms with Gasteiger partial charge in [0.2, 0.25) is 0 Å². The quantitative estimate of drug-likeness (QED) is 0.508. The van der Waals surface area contributed by atoms with Crippen LogP contribution < -0.4 is 0 Å². The van der Waals surface area contributed by atoms with Crippen LogP contribution >= 0.6 is 0 Å². The van der Waals surface area contributed by atoms with E-state index in [-0.39, 0.29) is 5.91 Å². The second-order valence-corrected chi connectivity index (χ2v) is 8.54. The van der Waals surface area contributed by atoms with Crippen LogP contribution in [0.2, 0.25) is 0 Å². The lowest BCUT2D eigenvalue weighted by atomic mass is 9.87. The molecule has 0 saturated carbocycles. The molecule has 0 fully saturated rings. The molecule has 4 aromatic rings. The zero-order valence-corrected chi connectivity index (χ0v) is 17.7. The predicted octanol–water partition coefficient (Wildman–Crippen LogP) is 4.93. The third kappa shape index (κ3) is 3.96. The smallest absolute Gasteiger partial charge is 0.256 e. The standard InChI is InChI=1S/C26H26N4O/c1-18-7-8-24-23(14-18)21-5-2-6-22(25(21)29-24)26(31)30(16-19-9-12-27-13-10-19)17-20-4-3-11-28-15-20/h2-6,9-13,15,18,29H,7-8,14,16-17H2,1H3. The van der Waals surface area contributed by atoms with Gasteiger partial charge in [0, 0.05) is 49.0 Å². The molecule has 0 bridgehead atoms. The maximum absolute atomic E-state index is 13.8.